The van der Waals surface area contributed by atoms with Crippen LogP contribution in [0.1, 0.15) is 31.1 Å². The first kappa shape index (κ1) is 15.2. The van der Waals surface area contributed by atoms with Crippen molar-refractivity contribution in [2.75, 3.05) is 11.1 Å². The molecule has 0 atom stereocenters. The van der Waals surface area contributed by atoms with Crippen molar-refractivity contribution in [1.29, 1.82) is 0 Å². The highest BCUT2D eigenvalue weighted by atomic mass is 16.6. The fourth-order valence-corrected chi connectivity index (χ4v) is 2.34. The van der Waals surface area contributed by atoms with Gasteiger partial charge in [0, 0.05) is 29.1 Å². The molecule has 1 heterocycles. The van der Waals surface area contributed by atoms with Gasteiger partial charge in [-0.25, -0.2) is 0 Å². The number of anilines is 2. The molecule has 0 aliphatic carbocycles. The Bertz CT molecular complexity index is 905. The number of nitro groups is 1. The van der Waals surface area contributed by atoms with E-state index in [1.165, 1.54) is 36.4 Å². The van der Waals surface area contributed by atoms with E-state index in [4.69, 9.17) is 5.73 Å². The molecule has 2 aromatic carbocycles. The Morgan fingerprint density at radius 2 is 1.79 bits per heavy atom. The van der Waals surface area contributed by atoms with Crippen molar-refractivity contribution in [3.05, 3.63) is 63.2 Å². The Morgan fingerprint density at radius 3 is 2.42 bits per heavy atom. The molecule has 0 unspecified atom stereocenters. The average Bonchev–Trinajstić information content (AvgIpc) is 2.82. The molecule has 9 nitrogen and oxygen atoms in total. The van der Waals surface area contributed by atoms with Gasteiger partial charge in [0.15, 0.2) is 0 Å². The molecule has 9 heteroatoms. The van der Waals surface area contributed by atoms with Gasteiger partial charge in [-0.15, -0.1) is 0 Å². The number of imide groups is 1. The normalized spacial score (nSPS) is 12.5. The van der Waals surface area contributed by atoms with Gasteiger partial charge >= 0.3 is 0 Å². The summed E-state index contributed by atoms with van der Waals surface area (Å²) >= 11 is 0. The Kier molecular flexibility index (Phi) is 3.45. The van der Waals surface area contributed by atoms with Crippen LogP contribution in [0, 0.1) is 10.1 Å². The zero-order chi connectivity index (χ0) is 17.4. The molecule has 0 fully saturated rings. The standard InChI is InChI=1S/C15H10N4O5/c16-11-6-8(5-10-12(11)15(22)18-14(10)21)17-13(20)7-1-3-9(4-2-7)19(23)24/h1-6H,16H2,(H,17,20)(H,18,21,22). The van der Waals surface area contributed by atoms with Crippen LogP contribution < -0.4 is 16.4 Å². The summed E-state index contributed by atoms with van der Waals surface area (Å²) in [6, 6.07) is 7.73. The van der Waals surface area contributed by atoms with E-state index < -0.39 is 22.6 Å². The Morgan fingerprint density at radius 1 is 1.12 bits per heavy atom. The van der Waals surface area contributed by atoms with Gasteiger partial charge < -0.3 is 11.1 Å². The Labute approximate surface area is 134 Å². The third-order valence-corrected chi connectivity index (χ3v) is 3.47. The zero-order valence-corrected chi connectivity index (χ0v) is 12.0. The fourth-order valence-electron chi connectivity index (χ4n) is 2.34. The van der Waals surface area contributed by atoms with E-state index in [1.54, 1.807) is 0 Å². The lowest BCUT2D eigenvalue weighted by Gasteiger charge is -2.08. The first-order chi connectivity index (χ1) is 11.4. The third kappa shape index (κ3) is 2.54. The second kappa shape index (κ2) is 5.47. The second-order valence-corrected chi connectivity index (χ2v) is 5.03. The Balaban J connectivity index is 1.86. The number of carbonyl (C=O) groups is 3. The molecule has 1 aliphatic rings. The summed E-state index contributed by atoms with van der Waals surface area (Å²) in [5.41, 5.74) is 6.27. The van der Waals surface area contributed by atoms with Crippen molar-refractivity contribution >= 4 is 34.8 Å². The minimum Gasteiger partial charge on any atom is -0.398 e. The van der Waals surface area contributed by atoms with E-state index in [2.05, 4.69) is 10.6 Å². The largest absolute Gasteiger partial charge is 0.398 e. The molecular weight excluding hydrogens is 316 g/mol. The highest BCUT2D eigenvalue weighted by Gasteiger charge is 2.29. The van der Waals surface area contributed by atoms with Crippen LogP contribution in [-0.2, 0) is 0 Å². The molecule has 2 aromatic rings. The molecule has 3 amide bonds. The minimum absolute atomic E-state index is 0.0647. The summed E-state index contributed by atoms with van der Waals surface area (Å²) in [5, 5.41) is 15.3. The second-order valence-electron chi connectivity index (χ2n) is 5.03. The molecule has 4 N–H and O–H groups in total. The van der Waals surface area contributed by atoms with Crippen LogP contribution in [0.4, 0.5) is 17.1 Å². The zero-order valence-electron chi connectivity index (χ0n) is 12.0. The molecule has 24 heavy (non-hydrogen) atoms. The molecular formula is C15H10N4O5. The molecule has 0 saturated heterocycles. The molecule has 1 aliphatic heterocycles. The quantitative estimate of drug-likeness (QED) is 0.336. The number of rotatable bonds is 3. The predicted molar refractivity (Wildman–Crippen MR) is 83.7 cm³/mol. The lowest BCUT2D eigenvalue weighted by atomic mass is 10.1. The van der Waals surface area contributed by atoms with Crippen LogP contribution in [-0.4, -0.2) is 22.6 Å². The first-order valence-corrected chi connectivity index (χ1v) is 6.72. The van der Waals surface area contributed by atoms with Crippen LogP contribution in [0.5, 0.6) is 0 Å². The van der Waals surface area contributed by atoms with Crippen LogP contribution in [0.3, 0.4) is 0 Å². The monoisotopic (exact) mass is 326 g/mol. The summed E-state index contributed by atoms with van der Waals surface area (Å²) < 4.78 is 0. The van der Waals surface area contributed by atoms with Gasteiger partial charge in [0.1, 0.15) is 0 Å². The highest BCUT2D eigenvalue weighted by molar-refractivity contribution is 6.24. The number of amides is 3. The molecule has 0 bridgehead atoms. The maximum absolute atomic E-state index is 12.2. The summed E-state index contributed by atoms with van der Waals surface area (Å²) in [6.07, 6.45) is 0. The van der Waals surface area contributed by atoms with Crippen molar-refractivity contribution in [2.24, 2.45) is 0 Å². The lowest BCUT2D eigenvalue weighted by Crippen LogP contribution is -2.20. The lowest BCUT2D eigenvalue weighted by molar-refractivity contribution is -0.384. The van der Waals surface area contributed by atoms with E-state index in [0.717, 1.165) is 0 Å². The third-order valence-electron chi connectivity index (χ3n) is 3.47. The SMILES string of the molecule is Nc1cc(NC(=O)c2ccc([N+](=O)[O-])cc2)cc2c1C(=O)NC2=O. The molecule has 0 aromatic heterocycles. The van der Waals surface area contributed by atoms with Gasteiger partial charge in [-0.05, 0) is 24.3 Å². The van der Waals surface area contributed by atoms with Crippen LogP contribution >= 0.6 is 0 Å². The molecule has 0 radical (unpaired) electrons. The number of non-ortho nitro benzene ring substituents is 1. The minimum atomic E-state index is -0.590. The van der Waals surface area contributed by atoms with Crippen molar-refractivity contribution in [2.45, 2.75) is 0 Å². The molecule has 0 spiro atoms. The molecule has 120 valence electrons. The van der Waals surface area contributed by atoms with Crippen molar-refractivity contribution in [1.82, 2.24) is 5.32 Å². The number of hydrogen-bond acceptors (Lipinski definition) is 6. The summed E-state index contributed by atoms with van der Waals surface area (Å²) in [5.74, 6) is -1.71. The number of nitrogens with one attached hydrogen (secondary N) is 2. The fraction of sp³-hybridized carbons (Fsp3) is 0. The maximum Gasteiger partial charge on any atom is 0.269 e. The van der Waals surface area contributed by atoms with E-state index in [-0.39, 0.29) is 33.8 Å². The smallest absolute Gasteiger partial charge is 0.269 e. The van der Waals surface area contributed by atoms with Gasteiger partial charge in [-0.1, -0.05) is 0 Å². The van der Waals surface area contributed by atoms with Crippen molar-refractivity contribution in [3.8, 4) is 0 Å². The number of nitro benzene ring substituents is 1. The number of nitrogen functional groups attached to an aromatic ring is 1. The van der Waals surface area contributed by atoms with E-state index in [1.807, 2.05) is 0 Å². The van der Waals surface area contributed by atoms with E-state index in [9.17, 15) is 24.5 Å². The van der Waals surface area contributed by atoms with Crippen molar-refractivity contribution < 1.29 is 19.3 Å². The van der Waals surface area contributed by atoms with Crippen LogP contribution in [0.25, 0.3) is 0 Å². The van der Waals surface area contributed by atoms with Crippen LogP contribution in [0.15, 0.2) is 36.4 Å². The average molecular weight is 326 g/mol. The summed E-state index contributed by atoms with van der Waals surface area (Å²) in [4.78, 5) is 45.5. The maximum atomic E-state index is 12.2. The number of nitrogens with zero attached hydrogens (tertiary/aromatic N) is 1. The number of hydrogen-bond donors (Lipinski definition) is 3. The number of nitrogens with two attached hydrogens (primary N) is 1. The van der Waals surface area contributed by atoms with Gasteiger partial charge in [0.2, 0.25) is 0 Å². The van der Waals surface area contributed by atoms with Gasteiger partial charge in [-0.3, -0.25) is 29.8 Å². The highest BCUT2D eigenvalue weighted by Crippen LogP contribution is 2.27. The summed E-state index contributed by atoms with van der Waals surface area (Å²) in [6.45, 7) is 0. The van der Waals surface area contributed by atoms with Gasteiger partial charge in [-0.2, -0.15) is 0 Å². The Hall–Kier alpha value is -3.75. The van der Waals surface area contributed by atoms with E-state index in [0.29, 0.717) is 0 Å². The first-order valence-electron chi connectivity index (χ1n) is 6.72. The molecule has 0 saturated carbocycles. The number of benzene rings is 2. The summed E-state index contributed by atoms with van der Waals surface area (Å²) in [7, 11) is 0. The predicted octanol–water partition coefficient (Wildman–Crippen LogP) is 1.31. The topological polar surface area (TPSA) is 144 Å². The molecule has 3 rings (SSSR count). The van der Waals surface area contributed by atoms with Gasteiger partial charge in [0.25, 0.3) is 23.4 Å². The van der Waals surface area contributed by atoms with Gasteiger partial charge in [0.05, 0.1) is 16.1 Å². The number of fused-ring (bicyclic) bond motifs is 1. The number of carbonyl (C=O) groups excluding carboxylic acids is 3. The van der Waals surface area contributed by atoms with Crippen molar-refractivity contribution in [3.63, 3.8) is 0 Å². The van der Waals surface area contributed by atoms with Crippen LogP contribution in [0.2, 0.25) is 0 Å². The van der Waals surface area contributed by atoms with E-state index >= 15 is 0 Å².